The Balaban J connectivity index is 1.87. The van der Waals surface area contributed by atoms with Crippen molar-refractivity contribution in [1.29, 1.82) is 0 Å². The summed E-state index contributed by atoms with van der Waals surface area (Å²) in [6, 6.07) is 18.1. The van der Waals surface area contributed by atoms with Gasteiger partial charge in [-0.25, -0.2) is 0 Å². The van der Waals surface area contributed by atoms with Gasteiger partial charge in [-0.05, 0) is 49.7 Å². The lowest BCUT2D eigenvalue weighted by Crippen LogP contribution is -2.34. The molecular formula is C24H27NO3. The number of phenolic OH excluding ortho intramolecular Hbond substituents is 1. The highest BCUT2D eigenvalue weighted by molar-refractivity contribution is 5.94. The standard InChI is InChI=1S/C24H27NO3/c1-27-18-9-6-8-17(16-18)23(25-14-4-3-5-15-25)21-13-12-19-20(24(21)26)10-7-11-22(19)28-2/h6-13,16,23,26H,3-5,14-15H2,1-2H3. The van der Waals surface area contributed by atoms with E-state index in [2.05, 4.69) is 23.1 Å². The summed E-state index contributed by atoms with van der Waals surface area (Å²) in [5.41, 5.74) is 2.06. The fourth-order valence-corrected chi connectivity index (χ4v) is 4.30. The molecule has 4 heteroatoms. The number of hydrogen-bond donors (Lipinski definition) is 1. The van der Waals surface area contributed by atoms with Crippen LogP contribution in [0.2, 0.25) is 0 Å². The summed E-state index contributed by atoms with van der Waals surface area (Å²) in [5.74, 6) is 1.94. The highest BCUT2D eigenvalue weighted by atomic mass is 16.5. The summed E-state index contributed by atoms with van der Waals surface area (Å²) in [6.07, 6.45) is 3.63. The Kier molecular flexibility index (Phi) is 5.40. The molecule has 1 N–H and O–H groups in total. The fourth-order valence-electron chi connectivity index (χ4n) is 4.30. The number of aromatic hydroxyl groups is 1. The summed E-state index contributed by atoms with van der Waals surface area (Å²) in [5, 5.41) is 13.0. The largest absolute Gasteiger partial charge is 0.507 e. The Morgan fingerprint density at radius 2 is 1.64 bits per heavy atom. The topological polar surface area (TPSA) is 41.9 Å². The number of methoxy groups -OCH3 is 2. The van der Waals surface area contributed by atoms with Crippen LogP contribution >= 0.6 is 0 Å². The van der Waals surface area contributed by atoms with Crippen molar-refractivity contribution in [3.63, 3.8) is 0 Å². The summed E-state index contributed by atoms with van der Waals surface area (Å²) in [4.78, 5) is 2.47. The number of likely N-dealkylation sites (tertiary alicyclic amines) is 1. The number of hydrogen-bond acceptors (Lipinski definition) is 4. The second kappa shape index (κ2) is 8.11. The maximum absolute atomic E-state index is 11.2. The highest BCUT2D eigenvalue weighted by Gasteiger charge is 2.27. The van der Waals surface area contributed by atoms with Crippen molar-refractivity contribution in [1.82, 2.24) is 4.90 Å². The van der Waals surface area contributed by atoms with Gasteiger partial charge in [-0.3, -0.25) is 4.90 Å². The summed E-state index contributed by atoms with van der Waals surface area (Å²) >= 11 is 0. The molecule has 3 aromatic rings. The molecule has 3 aromatic carbocycles. The monoisotopic (exact) mass is 377 g/mol. The first-order valence-electron chi connectivity index (χ1n) is 9.89. The minimum atomic E-state index is -0.00833. The summed E-state index contributed by atoms with van der Waals surface area (Å²) < 4.78 is 10.9. The maximum atomic E-state index is 11.2. The molecule has 4 rings (SSSR count). The molecule has 28 heavy (non-hydrogen) atoms. The van der Waals surface area contributed by atoms with E-state index in [1.807, 2.05) is 36.4 Å². The van der Waals surface area contributed by atoms with Crippen molar-refractivity contribution in [2.75, 3.05) is 27.3 Å². The lowest BCUT2D eigenvalue weighted by Gasteiger charge is -2.35. The van der Waals surface area contributed by atoms with Crippen LogP contribution in [0.15, 0.2) is 54.6 Å². The third kappa shape index (κ3) is 3.40. The van der Waals surface area contributed by atoms with Crippen LogP contribution in [-0.4, -0.2) is 37.3 Å². The molecule has 1 aliphatic rings. The Morgan fingerprint density at radius 3 is 2.39 bits per heavy atom. The van der Waals surface area contributed by atoms with Crippen LogP contribution < -0.4 is 9.47 Å². The van der Waals surface area contributed by atoms with Gasteiger partial charge in [-0.15, -0.1) is 0 Å². The van der Waals surface area contributed by atoms with Crippen molar-refractivity contribution in [3.05, 3.63) is 65.7 Å². The maximum Gasteiger partial charge on any atom is 0.128 e. The van der Waals surface area contributed by atoms with E-state index in [0.29, 0.717) is 5.75 Å². The second-order valence-electron chi connectivity index (χ2n) is 7.33. The van der Waals surface area contributed by atoms with Gasteiger partial charge in [0, 0.05) is 16.3 Å². The first kappa shape index (κ1) is 18.6. The van der Waals surface area contributed by atoms with Crippen LogP contribution in [0.3, 0.4) is 0 Å². The Morgan fingerprint density at radius 1 is 0.857 bits per heavy atom. The predicted octanol–water partition coefficient (Wildman–Crippen LogP) is 5.14. The van der Waals surface area contributed by atoms with E-state index in [1.165, 1.54) is 19.3 Å². The zero-order valence-corrected chi connectivity index (χ0v) is 16.5. The van der Waals surface area contributed by atoms with Crippen molar-refractivity contribution >= 4 is 10.8 Å². The van der Waals surface area contributed by atoms with Crippen molar-refractivity contribution in [3.8, 4) is 17.2 Å². The van der Waals surface area contributed by atoms with E-state index in [1.54, 1.807) is 14.2 Å². The number of nitrogens with zero attached hydrogens (tertiary/aromatic N) is 1. The zero-order chi connectivity index (χ0) is 19.5. The van der Waals surface area contributed by atoms with E-state index in [0.717, 1.165) is 46.5 Å². The number of fused-ring (bicyclic) bond motifs is 1. The average molecular weight is 377 g/mol. The molecule has 0 amide bonds. The Bertz CT molecular complexity index is 963. The van der Waals surface area contributed by atoms with Crippen molar-refractivity contribution in [2.24, 2.45) is 0 Å². The molecule has 1 atom stereocenters. The number of piperidine rings is 1. The molecule has 1 aliphatic heterocycles. The van der Waals surface area contributed by atoms with Gasteiger partial charge in [0.1, 0.15) is 17.2 Å². The minimum Gasteiger partial charge on any atom is -0.507 e. The van der Waals surface area contributed by atoms with Crippen molar-refractivity contribution < 1.29 is 14.6 Å². The van der Waals surface area contributed by atoms with Crippen LogP contribution in [0.5, 0.6) is 17.2 Å². The Hall–Kier alpha value is -2.72. The lowest BCUT2D eigenvalue weighted by atomic mass is 9.92. The minimum absolute atomic E-state index is 0.00833. The van der Waals surface area contributed by atoms with E-state index in [-0.39, 0.29) is 6.04 Å². The average Bonchev–Trinajstić information content (AvgIpc) is 2.76. The van der Waals surface area contributed by atoms with Crippen LogP contribution in [0.25, 0.3) is 10.8 Å². The molecule has 146 valence electrons. The molecule has 1 unspecified atom stereocenters. The molecule has 0 bridgehead atoms. The smallest absolute Gasteiger partial charge is 0.128 e. The van der Waals surface area contributed by atoms with E-state index in [4.69, 9.17) is 9.47 Å². The molecule has 1 heterocycles. The van der Waals surface area contributed by atoms with E-state index >= 15 is 0 Å². The summed E-state index contributed by atoms with van der Waals surface area (Å²) in [7, 11) is 3.35. The van der Waals surface area contributed by atoms with E-state index in [9.17, 15) is 5.11 Å². The normalized spacial score (nSPS) is 16.1. The second-order valence-corrected chi connectivity index (χ2v) is 7.33. The molecule has 4 nitrogen and oxygen atoms in total. The van der Waals surface area contributed by atoms with Gasteiger partial charge in [0.05, 0.1) is 20.3 Å². The Labute approximate surface area is 166 Å². The molecule has 0 spiro atoms. The quantitative estimate of drug-likeness (QED) is 0.669. The first-order chi connectivity index (χ1) is 13.7. The van der Waals surface area contributed by atoms with Crippen molar-refractivity contribution in [2.45, 2.75) is 25.3 Å². The van der Waals surface area contributed by atoms with Gasteiger partial charge in [0.25, 0.3) is 0 Å². The number of phenols is 1. The SMILES string of the molecule is COc1cccc(C(c2ccc3c(OC)cccc3c2O)N2CCCCC2)c1. The first-order valence-corrected chi connectivity index (χ1v) is 9.89. The zero-order valence-electron chi connectivity index (χ0n) is 16.5. The van der Waals surface area contributed by atoms with Gasteiger partial charge in [-0.2, -0.15) is 0 Å². The third-order valence-corrected chi connectivity index (χ3v) is 5.70. The number of rotatable bonds is 5. The van der Waals surface area contributed by atoms with Gasteiger partial charge in [0.2, 0.25) is 0 Å². The third-order valence-electron chi connectivity index (χ3n) is 5.70. The molecule has 1 saturated heterocycles. The molecular weight excluding hydrogens is 350 g/mol. The van der Waals surface area contributed by atoms with Gasteiger partial charge in [0.15, 0.2) is 0 Å². The number of benzene rings is 3. The molecule has 0 aromatic heterocycles. The van der Waals surface area contributed by atoms with Crippen LogP contribution in [0, 0.1) is 0 Å². The molecule has 0 aliphatic carbocycles. The predicted molar refractivity (Wildman–Crippen MR) is 112 cm³/mol. The fraction of sp³-hybridized carbons (Fsp3) is 0.333. The molecule has 0 saturated carbocycles. The number of ether oxygens (including phenoxy) is 2. The van der Waals surface area contributed by atoms with Crippen LogP contribution in [-0.2, 0) is 0 Å². The van der Waals surface area contributed by atoms with Gasteiger partial charge < -0.3 is 14.6 Å². The van der Waals surface area contributed by atoms with Crippen LogP contribution in [0.1, 0.15) is 36.4 Å². The molecule has 1 fully saturated rings. The van der Waals surface area contributed by atoms with Gasteiger partial charge in [-0.1, -0.05) is 42.8 Å². The lowest BCUT2D eigenvalue weighted by molar-refractivity contribution is 0.185. The van der Waals surface area contributed by atoms with Gasteiger partial charge >= 0.3 is 0 Å². The summed E-state index contributed by atoms with van der Waals surface area (Å²) in [6.45, 7) is 2.05. The van der Waals surface area contributed by atoms with E-state index < -0.39 is 0 Å². The molecule has 0 radical (unpaired) electrons. The highest BCUT2D eigenvalue weighted by Crippen LogP contribution is 2.42. The van der Waals surface area contributed by atoms with Crippen LogP contribution in [0.4, 0.5) is 0 Å².